The van der Waals surface area contributed by atoms with E-state index in [1.54, 1.807) is 33.8 Å². The van der Waals surface area contributed by atoms with Gasteiger partial charge in [-0.1, -0.05) is 6.08 Å². The SMILES string of the molecule is CC1=C[C@H](O/C=C2/C(=O)N(C(=O)OC(C)(C)C)[C@@H]3C4=CCCC[C@H]4C[C@H]23)OC1=O. The first-order chi connectivity index (χ1) is 13.7. The van der Waals surface area contributed by atoms with E-state index in [0.29, 0.717) is 17.1 Å². The molecule has 2 aliphatic carbocycles. The Morgan fingerprint density at radius 3 is 2.72 bits per heavy atom. The number of esters is 1. The van der Waals surface area contributed by atoms with Gasteiger partial charge in [-0.25, -0.2) is 14.5 Å². The molecule has 29 heavy (non-hydrogen) atoms. The van der Waals surface area contributed by atoms with Gasteiger partial charge in [0.2, 0.25) is 0 Å². The third-order valence-electron chi connectivity index (χ3n) is 5.86. The van der Waals surface area contributed by atoms with Crippen LogP contribution in [0.1, 0.15) is 53.4 Å². The van der Waals surface area contributed by atoms with Crippen molar-refractivity contribution >= 4 is 18.0 Å². The van der Waals surface area contributed by atoms with Crippen molar-refractivity contribution in [3.8, 4) is 0 Å². The summed E-state index contributed by atoms with van der Waals surface area (Å²) in [5, 5.41) is 0. The molecule has 4 aliphatic rings. The molecule has 0 radical (unpaired) electrons. The van der Waals surface area contributed by atoms with E-state index in [-0.39, 0.29) is 12.0 Å². The summed E-state index contributed by atoms with van der Waals surface area (Å²) in [4.78, 5) is 38.9. The molecule has 0 aromatic heterocycles. The van der Waals surface area contributed by atoms with Gasteiger partial charge >= 0.3 is 12.1 Å². The molecule has 0 N–H and O–H groups in total. The van der Waals surface area contributed by atoms with Crippen LogP contribution in [0.3, 0.4) is 0 Å². The molecule has 0 aromatic rings. The van der Waals surface area contributed by atoms with Crippen molar-refractivity contribution in [3.05, 3.63) is 35.1 Å². The number of likely N-dealkylation sites (tertiary alicyclic amines) is 1. The summed E-state index contributed by atoms with van der Waals surface area (Å²) in [7, 11) is 0. The number of fused-ring (bicyclic) bond motifs is 3. The van der Waals surface area contributed by atoms with Crippen LogP contribution in [0, 0.1) is 11.8 Å². The predicted molar refractivity (Wildman–Crippen MR) is 103 cm³/mol. The van der Waals surface area contributed by atoms with Crippen molar-refractivity contribution in [2.24, 2.45) is 11.8 Å². The molecule has 4 atom stereocenters. The second-order valence-electron chi connectivity index (χ2n) is 9.11. The molecular formula is C22H27NO6. The van der Waals surface area contributed by atoms with Gasteiger partial charge < -0.3 is 14.2 Å². The van der Waals surface area contributed by atoms with Gasteiger partial charge in [-0.3, -0.25) is 4.79 Å². The fourth-order valence-electron chi connectivity index (χ4n) is 4.66. The topological polar surface area (TPSA) is 82.1 Å². The van der Waals surface area contributed by atoms with E-state index >= 15 is 0 Å². The maximum Gasteiger partial charge on any atom is 0.417 e. The third-order valence-corrected chi connectivity index (χ3v) is 5.86. The van der Waals surface area contributed by atoms with Crippen LogP contribution in [-0.4, -0.2) is 40.8 Å². The summed E-state index contributed by atoms with van der Waals surface area (Å²) in [6.07, 6.45) is 7.58. The predicted octanol–water partition coefficient (Wildman–Crippen LogP) is 3.61. The molecule has 0 bridgehead atoms. The maximum absolute atomic E-state index is 13.2. The van der Waals surface area contributed by atoms with E-state index in [9.17, 15) is 14.4 Å². The van der Waals surface area contributed by atoms with Crippen LogP contribution in [0.4, 0.5) is 4.79 Å². The number of allylic oxidation sites excluding steroid dienone is 1. The quantitative estimate of drug-likeness (QED) is 0.304. The zero-order chi connectivity index (χ0) is 20.9. The molecule has 2 heterocycles. The summed E-state index contributed by atoms with van der Waals surface area (Å²) in [5.41, 5.74) is 1.36. The summed E-state index contributed by atoms with van der Waals surface area (Å²) >= 11 is 0. The number of carbonyl (C=O) groups excluding carboxylic acids is 3. The number of ether oxygens (including phenoxy) is 3. The normalized spacial score (nSPS) is 32.6. The molecule has 0 unspecified atom stereocenters. The Kier molecular flexibility index (Phi) is 4.79. The van der Waals surface area contributed by atoms with E-state index in [0.717, 1.165) is 31.3 Å². The molecular weight excluding hydrogens is 374 g/mol. The van der Waals surface area contributed by atoms with Gasteiger partial charge in [0.05, 0.1) is 17.9 Å². The van der Waals surface area contributed by atoms with Gasteiger partial charge in [-0.15, -0.1) is 0 Å². The number of hydrogen-bond acceptors (Lipinski definition) is 6. The number of carbonyl (C=O) groups is 3. The zero-order valence-electron chi connectivity index (χ0n) is 17.3. The molecule has 2 amide bonds. The number of imide groups is 1. The Morgan fingerprint density at radius 2 is 2.07 bits per heavy atom. The van der Waals surface area contributed by atoms with Crippen LogP contribution < -0.4 is 0 Å². The molecule has 156 valence electrons. The summed E-state index contributed by atoms with van der Waals surface area (Å²) in [6.45, 7) is 6.99. The molecule has 7 nitrogen and oxygen atoms in total. The number of rotatable bonds is 2. The number of hydrogen-bond donors (Lipinski definition) is 0. The van der Waals surface area contributed by atoms with Gasteiger partial charge in [0, 0.05) is 17.6 Å². The van der Waals surface area contributed by atoms with Crippen LogP contribution in [0.15, 0.2) is 35.1 Å². The van der Waals surface area contributed by atoms with E-state index < -0.39 is 29.9 Å². The first-order valence-corrected chi connectivity index (χ1v) is 10.2. The van der Waals surface area contributed by atoms with Crippen LogP contribution in [-0.2, 0) is 23.8 Å². The standard InChI is InChI=1S/C22H27NO6/c1-12-9-17(28-20(12)25)27-11-16-15-10-13-7-5-6-8-14(13)18(15)23(19(16)24)21(26)29-22(2,3)4/h8-9,11,13,15,17-18H,5-7,10H2,1-4H3/b16-11+/t13-,15+,17+,18+/m0/s1. The van der Waals surface area contributed by atoms with Crippen molar-refractivity contribution < 1.29 is 28.6 Å². The molecule has 0 spiro atoms. The molecule has 2 fully saturated rings. The van der Waals surface area contributed by atoms with Crippen LogP contribution in [0.2, 0.25) is 0 Å². The number of amides is 2. The monoisotopic (exact) mass is 401 g/mol. The first-order valence-electron chi connectivity index (χ1n) is 10.2. The van der Waals surface area contributed by atoms with Crippen LogP contribution in [0.5, 0.6) is 0 Å². The lowest BCUT2D eigenvalue weighted by molar-refractivity contribution is -0.152. The summed E-state index contributed by atoms with van der Waals surface area (Å²) in [6, 6.07) is -0.319. The highest BCUT2D eigenvalue weighted by Gasteiger charge is 2.56. The fourth-order valence-corrected chi connectivity index (χ4v) is 4.66. The van der Waals surface area contributed by atoms with Crippen LogP contribution >= 0.6 is 0 Å². The number of cyclic esters (lactones) is 1. The smallest absolute Gasteiger partial charge is 0.417 e. The number of nitrogens with zero attached hydrogens (tertiary/aromatic N) is 1. The van der Waals surface area contributed by atoms with Crippen molar-refractivity contribution in [3.63, 3.8) is 0 Å². The highest BCUT2D eigenvalue weighted by molar-refractivity contribution is 6.06. The minimum atomic E-state index is -0.847. The van der Waals surface area contributed by atoms with Crippen molar-refractivity contribution in [2.45, 2.75) is 71.3 Å². The average molecular weight is 401 g/mol. The second kappa shape index (κ2) is 7.04. The lowest BCUT2D eigenvalue weighted by atomic mass is 9.89. The Balaban J connectivity index is 1.63. The lowest BCUT2D eigenvalue weighted by Crippen LogP contribution is -2.43. The van der Waals surface area contributed by atoms with Gasteiger partial charge in [0.15, 0.2) is 0 Å². The third kappa shape index (κ3) is 3.58. The minimum Gasteiger partial charge on any atom is -0.458 e. The van der Waals surface area contributed by atoms with E-state index in [1.807, 2.05) is 0 Å². The van der Waals surface area contributed by atoms with Gasteiger partial charge in [-0.2, -0.15) is 0 Å². The van der Waals surface area contributed by atoms with Gasteiger partial charge in [-0.05, 0) is 64.9 Å². The molecule has 1 saturated heterocycles. The van der Waals surface area contributed by atoms with Gasteiger partial charge in [0.25, 0.3) is 12.2 Å². The van der Waals surface area contributed by atoms with E-state index in [1.165, 1.54) is 11.2 Å². The molecule has 7 heteroatoms. The highest BCUT2D eigenvalue weighted by atomic mass is 16.7. The fraction of sp³-hybridized carbons (Fsp3) is 0.591. The zero-order valence-corrected chi connectivity index (χ0v) is 17.3. The first kappa shape index (κ1) is 19.7. The molecule has 4 rings (SSSR count). The second-order valence-corrected chi connectivity index (χ2v) is 9.11. The highest BCUT2D eigenvalue weighted by Crippen LogP contribution is 2.51. The summed E-state index contributed by atoms with van der Waals surface area (Å²) < 4.78 is 16.2. The Morgan fingerprint density at radius 1 is 1.31 bits per heavy atom. The molecule has 1 saturated carbocycles. The molecule has 2 aliphatic heterocycles. The lowest BCUT2D eigenvalue weighted by Gasteiger charge is -2.29. The maximum atomic E-state index is 13.2. The van der Waals surface area contributed by atoms with Crippen molar-refractivity contribution in [1.29, 1.82) is 0 Å². The molecule has 0 aromatic carbocycles. The van der Waals surface area contributed by atoms with Crippen LogP contribution in [0.25, 0.3) is 0 Å². The summed E-state index contributed by atoms with van der Waals surface area (Å²) in [5.74, 6) is -0.598. The van der Waals surface area contributed by atoms with Gasteiger partial charge in [0.1, 0.15) is 5.60 Å². The Labute approximate surface area is 170 Å². The largest absolute Gasteiger partial charge is 0.458 e. The van der Waals surface area contributed by atoms with E-state index in [2.05, 4.69) is 6.08 Å². The average Bonchev–Trinajstić information content (AvgIpc) is 3.23. The van der Waals surface area contributed by atoms with Crippen molar-refractivity contribution in [1.82, 2.24) is 4.90 Å². The van der Waals surface area contributed by atoms with Crippen molar-refractivity contribution in [2.75, 3.05) is 0 Å². The Hall–Kier alpha value is -2.57. The minimum absolute atomic E-state index is 0.133. The Bertz CT molecular complexity index is 846. The van der Waals surface area contributed by atoms with E-state index in [4.69, 9.17) is 14.2 Å².